The smallest absolute Gasteiger partial charge is 0.339 e. The molecule has 1 atom stereocenters. The maximum atomic E-state index is 14.0. The third-order valence-corrected chi connectivity index (χ3v) is 4.74. The van der Waals surface area contributed by atoms with Gasteiger partial charge in [-0.25, -0.2) is 9.18 Å². The largest absolute Gasteiger partial charge is 0.467 e. The lowest BCUT2D eigenvalue weighted by Gasteiger charge is -2.27. The molecule has 0 fully saturated rings. The zero-order chi connectivity index (χ0) is 18.2. The number of hydrogen-bond acceptors (Lipinski definition) is 4. The molecule has 0 unspecified atom stereocenters. The number of aromatic nitrogens is 1. The van der Waals surface area contributed by atoms with Crippen LogP contribution in [0.4, 0.5) is 4.39 Å². The second kappa shape index (κ2) is 6.92. The first-order valence-electron chi connectivity index (χ1n) is 7.56. The van der Waals surface area contributed by atoms with E-state index in [1.54, 1.807) is 13.0 Å². The van der Waals surface area contributed by atoms with E-state index in [4.69, 9.17) is 9.47 Å². The number of methoxy groups -OCH3 is 1. The van der Waals surface area contributed by atoms with E-state index in [1.807, 2.05) is 27.7 Å². The van der Waals surface area contributed by atoms with Crippen LogP contribution in [0.3, 0.4) is 0 Å². The second-order valence-corrected chi connectivity index (χ2v) is 7.76. The Morgan fingerprint density at radius 1 is 1.29 bits per heavy atom. The van der Waals surface area contributed by atoms with Gasteiger partial charge in [-0.1, -0.05) is 0 Å². The van der Waals surface area contributed by atoms with Gasteiger partial charge in [0.2, 0.25) is 0 Å². The van der Waals surface area contributed by atoms with Crippen molar-refractivity contribution in [2.24, 2.45) is 0 Å². The Bertz CT molecular complexity index is 799. The van der Waals surface area contributed by atoms with Crippen molar-refractivity contribution in [1.82, 2.24) is 4.98 Å². The molecule has 2 rings (SSSR count). The Morgan fingerprint density at radius 2 is 1.92 bits per heavy atom. The maximum absolute atomic E-state index is 14.0. The van der Waals surface area contributed by atoms with Gasteiger partial charge in [-0.3, -0.25) is 4.98 Å². The molecule has 1 aromatic carbocycles. The first-order chi connectivity index (χ1) is 11.0. The van der Waals surface area contributed by atoms with Crippen LogP contribution < -0.4 is 0 Å². The van der Waals surface area contributed by atoms with Crippen LogP contribution >= 0.6 is 22.6 Å². The number of esters is 1. The highest BCUT2D eigenvalue weighted by Gasteiger charge is 2.32. The van der Waals surface area contributed by atoms with E-state index in [2.05, 4.69) is 27.6 Å². The minimum absolute atomic E-state index is 0.302. The first-order valence-corrected chi connectivity index (χ1v) is 8.64. The van der Waals surface area contributed by atoms with E-state index in [9.17, 15) is 9.18 Å². The molecule has 2 aromatic rings. The Balaban J connectivity index is 2.72. The molecular formula is C18H21FINO3. The van der Waals surface area contributed by atoms with Crippen LogP contribution in [-0.4, -0.2) is 23.7 Å². The van der Waals surface area contributed by atoms with Gasteiger partial charge in [0.15, 0.2) is 6.10 Å². The minimum Gasteiger partial charge on any atom is -0.467 e. The quantitative estimate of drug-likeness (QED) is 0.511. The predicted molar refractivity (Wildman–Crippen MR) is 99.5 cm³/mol. The van der Waals surface area contributed by atoms with Crippen molar-refractivity contribution in [3.8, 4) is 0 Å². The number of carbonyl (C=O) groups excluding carboxylic acids is 1. The highest BCUT2D eigenvalue weighted by atomic mass is 127. The van der Waals surface area contributed by atoms with E-state index in [-0.39, 0.29) is 5.82 Å². The number of nitrogens with zero attached hydrogens (tertiary/aromatic N) is 1. The fraction of sp³-hybridized carbons (Fsp3) is 0.444. The summed E-state index contributed by atoms with van der Waals surface area (Å²) in [6, 6.07) is 3.16. The maximum Gasteiger partial charge on any atom is 0.339 e. The molecule has 0 radical (unpaired) electrons. The van der Waals surface area contributed by atoms with Crippen LogP contribution in [0.25, 0.3) is 10.9 Å². The lowest BCUT2D eigenvalue weighted by molar-refractivity contribution is -0.164. The predicted octanol–water partition coefficient (Wildman–Crippen LogP) is 4.62. The summed E-state index contributed by atoms with van der Waals surface area (Å²) in [7, 11) is 1.32. The Labute approximate surface area is 154 Å². The van der Waals surface area contributed by atoms with Crippen molar-refractivity contribution >= 4 is 39.5 Å². The molecule has 0 aliphatic heterocycles. The third-order valence-electron chi connectivity index (χ3n) is 3.58. The van der Waals surface area contributed by atoms with Crippen molar-refractivity contribution in [2.75, 3.05) is 7.11 Å². The molecule has 0 saturated carbocycles. The minimum atomic E-state index is -0.914. The molecule has 0 aliphatic rings. The number of carbonyl (C=O) groups is 1. The molecule has 0 saturated heterocycles. The number of benzene rings is 1. The normalized spacial score (nSPS) is 13.2. The average Bonchev–Trinajstić information content (AvgIpc) is 2.46. The lowest BCUT2D eigenvalue weighted by Crippen LogP contribution is -2.29. The van der Waals surface area contributed by atoms with Gasteiger partial charge < -0.3 is 9.47 Å². The lowest BCUT2D eigenvalue weighted by atomic mass is 10.0. The van der Waals surface area contributed by atoms with Gasteiger partial charge in [-0.2, -0.15) is 0 Å². The fourth-order valence-electron chi connectivity index (χ4n) is 2.47. The number of fused-ring (bicyclic) bond motifs is 1. The van der Waals surface area contributed by atoms with E-state index in [0.29, 0.717) is 27.7 Å². The molecule has 0 spiro atoms. The standard InChI is InChI=1S/C18H21FINO3/c1-9-7-13-11(8-12(9)19)15(20)14(10(2)21-13)16(17(22)23-6)24-18(3,4)5/h7-8,16H,1-6H3/t16-/m0/s1. The van der Waals surface area contributed by atoms with Crippen molar-refractivity contribution in [3.05, 3.63) is 38.3 Å². The summed E-state index contributed by atoms with van der Waals surface area (Å²) < 4.78 is 25.6. The first kappa shape index (κ1) is 19.1. The van der Waals surface area contributed by atoms with E-state index < -0.39 is 17.7 Å². The monoisotopic (exact) mass is 445 g/mol. The molecule has 4 nitrogen and oxygen atoms in total. The zero-order valence-electron chi connectivity index (χ0n) is 14.7. The van der Waals surface area contributed by atoms with Gasteiger partial charge in [-0.15, -0.1) is 0 Å². The van der Waals surface area contributed by atoms with Gasteiger partial charge in [0.25, 0.3) is 0 Å². The van der Waals surface area contributed by atoms with Crippen molar-refractivity contribution in [1.29, 1.82) is 0 Å². The number of halogens is 2. The fourth-order valence-corrected chi connectivity index (χ4v) is 3.57. The molecule has 0 amide bonds. The summed E-state index contributed by atoms with van der Waals surface area (Å²) in [5, 5.41) is 0.658. The molecule has 0 aliphatic carbocycles. The summed E-state index contributed by atoms with van der Waals surface area (Å²) in [6.07, 6.45) is -0.914. The molecule has 24 heavy (non-hydrogen) atoms. The van der Waals surface area contributed by atoms with Gasteiger partial charge in [0, 0.05) is 20.2 Å². The summed E-state index contributed by atoms with van der Waals surface area (Å²) >= 11 is 2.11. The average molecular weight is 445 g/mol. The summed E-state index contributed by atoms with van der Waals surface area (Å²) in [6.45, 7) is 9.11. The zero-order valence-corrected chi connectivity index (χ0v) is 16.8. The van der Waals surface area contributed by atoms with E-state index >= 15 is 0 Å². The Hall–Kier alpha value is -1.28. The molecule has 1 heterocycles. The third kappa shape index (κ3) is 3.85. The molecule has 1 aromatic heterocycles. The topological polar surface area (TPSA) is 48.4 Å². The Kier molecular flexibility index (Phi) is 5.49. The summed E-state index contributed by atoms with van der Waals surface area (Å²) in [4.78, 5) is 16.8. The van der Waals surface area contributed by atoms with Crippen LogP contribution in [0.5, 0.6) is 0 Å². The molecule has 0 N–H and O–H groups in total. The van der Waals surface area contributed by atoms with Crippen LogP contribution in [-0.2, 0) is 14.3 Å². The van der Waals surface area contributed by atoms with E-state index in [0.717, 1.165) is 3.57 Å². The van der Waals surface area contributed by atoms with Gasteiger partial charge in [0.1, 0.15) is 5.82 Å². The summed E-state index contributed by atoms with van der Waals surface area (Å²) in [5.74, 6) is -0.803. The van der Waals surface area contributed by atoms with Crippen LogP contribution in [0.2, 0.25) is 0 Å². The Morgan fingerprint density at radius 3 is 2.46 bits per heavy atom. The number of aryl methyl sites for hydroxylation is 2. The molecule has 0 bridgehead atoms. The molecular weight excluding hydrogens is 424 g/mol. The number of pyridine rings is 1. The summed E-state index contributed by atoms with van der Waals surface area (Å²) in [5.41, 5.74) is 1.96. The number of rotatable bonds is 3. The second-order valence-electron chi connectivity index (χ2n) is 6.68. The van der Waals surface area contributed by atoms with Crippen LogP contribution in [0, 0.1) is 23.2 Å². The van der Waals surface area contributed by atoms with Crippen LogP contribution in [0.15, 0.2) is 12.1 Å². The highest BCUT2D eigenvalue weighted by molar-refractivity contribution is 14.1. The highest BCUT2D eigenvalue weighted by Crippen LogP contribution is 2.35. The SMILES string of the molecule is COC(=O)[C@@H](OC(C)(C)C)c1c(C)nc2cc(C)c(F)cc2c1I. The molecule has 130 valence electrons. The van der Waals surface area contributed by atoms with Gasteiger partial charge in [0.05, 0.1) is 18.2 Å². The van der Waals surface area contributed by atoms with Gasteiger partial charge in [-0.05, 0) is 74.9 Å². The number of ether oxygens (including phenoxy) is 2. The van der Waals surface area contributed by atoms with Crippen molar-refractivity contribution < 1.29 is 18.7 Å². The molecule has 6 heteroatoms. The van der Waals surface area contributed by atoms with Crippen molar-refractivity contribution in [3.63, 3.8) is 0 Å². The van der Waals surface area contributed by atoms with Gasteiger partial charge >= 0.3 is 5.97 Å². The van der Waals surface area contributed by atoms with Crippen LogP contribution in [0.1, 0.15) is 43.7 Å². The number of hydrogen-bond donors (Lipinski definition) is 0. The van der Waals surface area contributed by atoms with E-state index in [1.165, 1.54) is 13.2 Å². The van der Waals surface area contributed by atoms with Crippen molar-refractivity contribution in [2.45, 2.75) is 46.3 Å².